The van der Waals surface area contributed by atoms with Crippen LogP contribution in [0.3, 0.4) is 0 Å². The second kappa shape index (κ2) is 10.9. The van der Waals surface area contributed by atoms with Gasteiger partial charge in [0.1, 0.15) is 6.54 Å². The van der Waals surface area contributed by atoms with E-state index < -0.39 is 37.4 Å². The lowest BCUT2D eigenvalue weighted by Crippen LogP contribution is -2.37. The highest BCUT2D eigenvalue weighted by Crippen LogP contribution is 2.29. The van der Waals surface area contributed by atoms with Crippen molar-refractivity contribution < 1.29 is 26.6 Å². The van der Waals surface area contributed by atoms with Crippen LogP contribution in [-0.2, 0) is 24.8 Å². The van der Waals surface area contributed by atoms with Gasteiger partial charge in [-0.1, -0.05) is 29.3 Å². The van der Waals surface area contributed by atoms with Crippen molar-refractivity contribution in [1.29, 1.82) is 0 Å². The number of aryl methyl sites for hydroxylation is 1. The molecule has 3 rings (SSSR count). The van der Waals surface area contributed by atoms with Crippen LogP contribution in [0.1, 0.15) is 5.56 Å². The number of nitrogens with zero attached hydrogens (tertiary/aromatic N) is 2. The van der Waals surface area contributed by atoms with E-state index >= 15 is 0 Å². The molecule has 0 heterocycles. The van der Waals surface area contributed by atoms with Gasteiger partial charge in [0, 0.05) is 22.8 Å². The van der Waals surface area contributed by atoms with Gasteiger partial charge in [-0.3, -0.25) is 23.9 Å². The Morgan fingerprint density at radius 1 is 1.00 bits per heavy atom. The van der Waals surface area contributed by atoms with Crippen molar-refractivity contribution >= 4 is 71.9 Å². The summed E-state index contributed by atoms with van der Waals surface area (Å²) >= 11 is 11.8. The van der Waals surface area contributed by atoms with E-state index in [9.17, 15) is 31.7 Å². The largest absolute Gasteiger partial charge is 0.325 e. The van der Waals surface area contributed by atoms with Gasteiger partial charge in [0.25, 0.3) is 15.7 Å². The molecular weight excluding hydrogens is 567 g/mol. The van der Waals surface area contributed by atoms with Gasteiger partial charge in [-0.05, 0) is 55.0 Å². The number of nitro groups is 1. The average molecular weight is 587 g/mol. The van der Waals surface area contributed by atoms with E-state index in [1.54, 1.807) is 6.92 Å². The highest BCUT2D eigenvalue weighted by molar-refractivity contribution is 7.92. The number of non-ortho nitro benzene ring substituents is 1. The molecule has 0 bridgehead atoms. The Morgan fingerprint density at radius 2 is 1.65 bits per heavy atom. The van der Waals surface area contributed by atoms with Crippen LogP contribution in [0, 0.1) is 17.0 Å². The van der Waals surface area contributed by atoms with E-state index in [2.05, 4.69) is 10.0 Å². The van der Waals surface area contributed by atoms with Crippen LogP contribution in [0.15, 0.2) is 65.6 Å². The minimum Gasteiger partial charge on any atom is -0.325 e. The summed E-state index contributed by atoms with van der Waals surface area (Å²) in [5, 5.41) is 14.1. The van der Waals surface area contributed by atoms with E-state index in [0.717, 1.165) is 16.6 Å². The van der Waals surface area contributed by atoms with Gasteiger partial charge in [-0.2, -0.15) is 0 Å². The number of halogens is 2. The molecule has 0 spiro atoms. The SMILES string of the molecule is Cc1ccc([N+](=O)[O-])cc1N(CC(=O)Nc1ccc(S(=O)(=O)Nc2ccc(Cl)cc2Cl)cc1)S(C)(=O)=O. The summed E-state index contributed by atoms with van der Waals surface area (Å²) < 4.78 is 53.2. The predicted octanol–water partition coefficient (Wildman–Crippen LogP) is 4.42. The lowest BCUT2D eigenvalue weighted by molar-refractivity contribution is -0.384. The normalized spacial score (nSPS) is 11.6. The predicted molar refractivity (Wildman–Crippen MR) is 142 cm³/mol. The second-order valence-corrected chi connectivity index (χ2v) is 12.2. The number of amides is 1. The molecule has 0 aliphatic heterocycles. The third-order valence-electron chi connectivity index (χ3n) is 4.98. The Bertz CT molecular complexity index is 1580. The standard InChI is InChI=1S/C22H20Cl2N4O7S2/c1-14-3-7-17(28(30)31)12-21(14)27(36(2,32)33)13-22(29)25-16-5-8-18(9-6-16)37(34,35)26-20-10-4-15(23)11-19(20)24/h3-12,26H,13H2,1-2H3,(H,25,29). The number of carbonyl (C=O) groups is 1. The maximum absolute atomic E-state index is 12.7. The first kappa shape index (κ1) is 28.2. The van der Waals surface area contributed by atoms with Crippen LogP contribution in [0.5, 0.6) is 0 Å². The fourth-order valence-corrected chi connectivity index (χ4v) is 5.68. The van der Waals surface area contributed by atoms with Gasteiger partial charge in [0.15, 0.2) is 0 Å². The van der Waals surface area contributed by atoms with Crippen molar-refractivity contribution in [3.05, 3.63) is 86.4 Å². The van der Waals surface area contributed by atoms with E-state index in [0.29, 0.717) is 10.6 Å². The molecule has 1 amide bonds. The maximum Gasteiger partial charge on any atom is 0.271 e. The lowest BCUT2D eigenvalue weighted by atomic mass is 10.2. The zero-order valence-corrected chi connectivity index (χ0v) is 22.5. The first-order valence-electron chi connectivity index (χ1n) is 10.3. The van der Waals surface area contributed by atoms with E-state index in [1.807, 2.05) is 0 Å². The molecule has 0 aromatic heterocycles. The van der Waals surface area contributed by atoms with Crippen LogP contribution >= 0.6 is 23.2 Å². The molecular formula is C22H20Cl2N4O7S2. The summed E-state index contributed by atoms with van der Waals surface area (Å²) in [6, 6.07) is 13.1. The number of benzene rings is 3. The Labute approximate surface area is 223 Å². The number of nitrogens with one attached hydrogen (secondary N) is 2. The highest BCUT2D eigenvalue weighted by Gasteiger charge is 2.25. The van der Waals surface area contributed by atoms with Crippen molar-refractivity contribution in [3.63, 3.8) is 0 Å². The molecule has 37 heavy (non-hydrogen) atoms. The molecule has 11 nitrogen and oxygen atoms in total. The quantitative estimate of drug-likeness (QED) is 0.277. The van der Waals surface area contributed by atoms with Gasteiger partial charge in [0.05, 0.1) is 32.5 Å². The smallest absolute Gasteiger partial charge is 0.271 e. The maximum atomic E-state index is 12.7. The summed E-state index contributed by atoms with van der Waals surface area (Å²) in [5.74, 6) is -0.752. The van der Waals surface area contributed by atoms with Crippen molar-refractivity contribution in [2.24, 2.45) is 0 Å². The Hall–Kier alpha value is -3.39. The summed E-state index contributed by atoms with van der Waals surface area (Å²) in [5.41, 5.74) is 0.380. The zero-order chi connectivity index (χ0) is 27.5. The highest BCUT2D eigenvalue weighted by atomic mass is 35.5. The van der Waals surface area contributed by atoms with Gasteiger partial charge >= 0.3 is 0 Å². The van der Waals surface area contributed by atoms with Gasteiger partial charge in [-0.15, -0.1) is 0 Å². The molecule has 2 N–H and O–H groups in total. The third-order valence-corrected chi connectivity index (χ3v) is 8.04. The Balaban J connectivity index is 1.77. The average Bonchev–Trinajstić information content (AvgIpc) is 2.79. The minimum absolute atomic E-state index is 0.0137. The monoisotopic (exact) mass is 586 g/mol. The van der Waals surface area contributed by atoms with Crippen LogP contribution in [0.2, 0.25) is 10.0 Å². The Kier molecular flexibility index (Phi) is 8.32. The fourth-order valence-electron chi connectivity index (χ4n) is 3.19. The number of sulfonamides is 2. The minimum atomic E-state index is -4.02. The summed E-state index contributed by atoms with van der Waals surface area (Å²) in [4.78, 5) is 23.0. The molecule has 0 radical (unpaired) electrons. The van der Waals surface area contributed by atoms with Crippen LogP contribution in [0.25, 0.3) is 0 Å². The van der Waals surface area contributed by atoms with E-state index in [-0.39, 0.29) is 32.7 Å². The number of rotatable bonds is 9. The first-order chi connectivity index (χ1) is 17.2. The molecule has 0 aliphatic rings. The molecule has 3 aromatic rings. The van der Waals surface area contributed by atoms with Crippen LogP contribution < -0.4 is 14.3 Å². The van der Waals surface area contributed by atoms with Gasteiger partial charge in [0.2, 0.25) is 15.9 Å². The fraction of sp³-hybridized carbons (Fsp3) is 0.136. The summed E-state index contributed by atoms with van der Waals surface area (Å²) in [6.07, 6.45) is 0.873. The Morgan fingerprint density at radius 3 is 2.22 bits per heavy atom. The molecule has 196 valence electrons. The lowest BCUT2D eigenvalue weighted by Gasteiger charge is -2.23. The topological polar surface area (TPSA) is 156 Å². The molecule has 0 atom stereocenters. The summed E-state index contributed by atoms with van der Waals surface area (Å²) in [6.45, 7) is 0.886. The van der Waals surface area contributed by atoms with Crippen molar-refractivity contribution in [2.75, 3.05) is 27.1 Å². The molecule has 0 fully saturated rings. The first-order valence-corrected chi connectivity index (χ1v) is 14.4. The van der Waals surface area contributed by atoms with Crippen molar-refractivity contribution in [2.45, 2.75) is 11.8 Å². The number of hydrogen-bond donors (Lipinski definition) is 2. The van der Waals surface area contributed by atoms with E-state index in [1.165, 1.54) is 54.6 Å². The summed E-state index contributed by atoms with van der Waals surface area (Å²) in [7, 11) is -8.01. The van der Waals surface area contributed by atoms with Gasteiger partial charge < -0.3 is 5.32 Å². The van der Waals surface area contributed by atoms with Crippen LogP contribution in [-0.4, -0.2) is 40.5 Å². The van der Waals surface area contributed by atoms with Crippen molar-refractivity contribution in [3.8, 4) is 0 Å². The number of carbonyl (C=O) groups excluding carboxylic acids is 1. The molecule has 0 aliphatic carbocycles. The molecule has 0 unspecified atom stereocenters. The second-order valence-electron chi connectivity index (χ2n) is 7.80. The van der Waals surface area contributed by atoms with Crippen molar-refractivity contribution in [1.82, 2.24) is 0 Å². The number of hydrogen-bond acceptors (Lipinski definition) is 7. The van der Waals surface area contributed by atoms with Gasteiger partial charge in [-0.25, -0.2) is 16.8 Å². The molecule has 0 saturated heterocycles. The third kappa shape index (κ3) is 7.10. The molecule has 15 heteroatoms. The number of nitro benzene ring substituents is 1. The zero-order valence-electron chi connectivity index (χ0n) is 19.3. The molecule has 3 aromatic carbocycles. The van der Waals surface area contributed by atoms with E-state index in [4.69, 9.17) is 23.2 Å². The molecule has 0 saturated carbocycles. The number of anilines is 3. The van der Waals surface area contributed by atoms with Crippen LogP contribution in [0.4, 0.5) is 22.7 Å².